The molecule has 3 N–H and O–H groups in total. The Labute approximate surface area is 64.6 Å². The lowest BCUT2D eigenvalue weighted by molar-refractivity contribution is -0.149. The van der Waals surface area contributed by atoms with Crippen molar-refractivity contribution in [1.82, 2.24) is 10.2 Å². The molecule has 12 heavy (non-hydrogen) atoms. The van der Waals surface area contributed by atoms with Gasteiger partial charge in [-0.15, -0.1) is 0 Å². The minimum Gasteiger partial charge on any atom is -0.316 e. The number of nitrogens with two attached hydrogens (primary N) is 1. The van der Waals surface area contributed by atoms with E-state index in [4.69, 9.17) is 5.73 Å². The molecule has 0 aliphatic heterocycles. The summed E-state index contributed by atoms with van der Waals surface area (Å²) in [6.45, 7) is 0. The van der Waals surface area contributed by atoms with Crippen LogP contribution >= 0.6 is 0 Å². The summed E-state index contributed by atoms with van der Waals surface area (Å²) in [7, 11) is 0. The van der Waals surface area contributed by atoms with Crippen LogP contribution in [0.5, 0.6) is 0 Å². The van der Waals surface area contributed by atoms with Crippen LogP contribution in [0.3, 0.4) is 0 Å². The number of rotatable bonds is 1. The minimum atomic E-state index is -4.65. The summed E-state index contributed by atoms with van der Waals surface area (Å²) in [6, 6.07) is -2.32. The van der Waals surface area contributed by atoms with Gasteiger partial charge >= 0.3 is 6.18 Å². The van der Waals surface area contributed by atoms with Crippen molar-refractivity contribution in [2.24, 2.45) is 5.73 Å². The molecule has 0 radical (unpaired) electrons. The zero-order chi connectivity index (χ0) is 9.35. The molecule has 1 aromatic heterocycles. The Morgan fingerprint density at radius 3 is 2.42 bits per heavy atom. The third-order valence-corrected chi connectivity index (χ3v) is 1.31. The van der Waals surface area contributed by atoms with Gasteiger partial charge < -0.3 is 5.73 Å². The SMILES string of the molecule is N[C@H](c1cn[nH]c1F)C(F)(F)F. The highest BCUT2D eigenvalue weighted by atomic mass is 19.4. The maximum atomic E-state index is 12.4. The van der Waals surface area contributed by atoms with E-state index in [1.807, 2.05) is 0 Å². The lowest BCUT2D eigenvalue weighted by atomic mass is 10.2. The van der Waals surface area contributed by atoms with Crippen molar-refractivity contribution in [3.8, 4) is 0 Å². The molecule has 0 bridgehead atoms. The average Bonchev–Trinajstić information content (AvgIpc) is 2.31. The third-order valence-electron chi connectivity index (χ3n) is 1.31. The number of hydrogen-bond donors (Lipinski definition) is 2. The van der Waals surface area contributed by atoms with E-state index in [-0.39, 0.29) is 0 Å². The topological polar surface area (TPSA) is 54.7 Å². The second-order valence-electron chi connectivity index (χ2n) is 2.16. The summed E-state index contributed by atoms with van der Waals surface area (Å²) in [5.74, 6) is -1.15. The van der Waals surface area contributed by atoms with Gasteiger partial charge in [-0.3, -0.25) is 5.10 Å². The van der Waals surface area contributed by atoms with Gasteiger partial charge in [0.15, 0.2) is 0 Å². The first-order valence-electron chi connectivity index (χ1n) is 2.94. The first-order valence-corrected chi connectivity index (χ1v) is 2.94. The number of halogens is 4. The monoisotopic (exact) mass is 183 g/mol. The zero-order valence-electron chi connectivity index (χ0n) is 5.69. The van der Waals surface area contributed by atoms with E-state index in [0.717, 1.165) is 0 Å². The average molecular weight is 183 g/mol. The molecule has 68 valence electrons. The highest BCUT2D eigenvalue weighted by Gasteiger charge is 2.40. The van der Waals surface area contributed by atoms with Crippen LogP contribution in [0.25, 0.3) is 0 Å². The standard InChI is InChI=1S/C5H5F4N3/c6-4-2(1-11-12-4)3(10)5(7,8)9/h1,3H,10H2,(H,11,12)/t3-/m1/s1. The van der Waals surface area contributed by atoms with Crippen LogP contribution in [0.4, 0.5) is 17.6 Å². The van der Waals surface area contributed by atoms with Crippen LogP contribution in [-0.4, -0.2) is 16.4 Å². The van der Waals surface area contributed by atoms with Gasteiger partial charge in [-0.05, 0) is 0 Å². The molecule has 1 atom stereocenters. The molecule has 0 aliphatic rings. The number of aromatic nitrogens is 2. The Morgan fingerprint density at radius 1 is 1.50 bits per heavy atom. The fourth-order valence-electron chi connectivity index (χ4n) is 0.673. The van der Waals surface area contributed by atoms with Crippen molar-refractivity contribution < 1.29 is 17.6 Å². The molecule has 0 saturated carbocycles. The minimum absolute atomic E-state index is 0.678. The number of aromatic amines is 1. The molecule has 1 rings (SSSR count). The molecule has 0 amide bonds. The normalized spacial score (nSPS) is 14.8. The molecule has 0 aromatic carbocycles. The van der Waals surface area contributed by atoms with E-state index in [9.17, 15) is 17.6 Å². The predicted octanol–water partition coefficient (Wildman–Crippen LogP) is 1.11. The summed E-state index contributed by atoms with van der Waals surface area (Å²) >= 11 is 0. The Bertz CT molecular complexity index is 266. The molecule has 1 aromatic rings. The Balaban J connectivity index is 2.92. The first-order chi connectivity index (χ1) is 5.43. The van der Waals surface area contributed by atoms with Crippen molar-refractivity contribution in [1.29, 1.82) is 0 Å². The molecular formula is C5H5F4N3. The van der Waals surface area contributed by atoms with Crippen LogP contribution in [0.15, 0.2) is 6.20 Å². The summed E-state index contributed by atoms with van der Waals surface area (Å²) in [5, 5.41) is 4.80. The van der Waals surface area contributed by atoms with Crippen molar-refractivity contribution in [2.75, 3.05) is 0 Å². The van der Waals surface area contributed by atoms with E-state index in [2.05, 4.69) is 5.10 Å². The molecular weight excluding hydrogens is 178 g/mol. The van der Waals surface area contributed by atoms with Crippen LogP contribution in [0.1, 0.15) is 11.6 Å². The molecule has 0 spiro atoms. The molecule has 0 fully saturated rings. The molecule has 0 aliphatic carbocycles. The van der Waals surface area contributed by atoms with E-state index >= 15 is 0 Å². The van der Waals surface area contributed by atoms with Crippen LogP contribution in [0, 0.1) is 5.95 Å². The highest BCUT2D eigenvalue weighted by molar-refractivity contribution is 5.12. The maximum Gasteiger partial charge on any atom is 0.407 e. The molecule has 1 heterocycles. The Hall–Kier alpha value is -1.11. The zero-order valence-corrected chi connectivity index (χ0v) is 5.69. The summed E-state index contributed by atoms with van der Waals surface area (Å²) in [4.78, 5) is 0. The maximum absolute atomic E-state index is 12.4. The van der Waals surface area contributed by atoms with E-state index < -0.39 is 23.7 Å². The van der Waals surface area contributed by atoms with Gasteiger partial charge in [-0.1, -0.05) is 0 Å². The Morgan fingerprint density at radius 2 is 2.08 bits per heavy atom. The molecule has 0 unspecified atom stereocenters. The smallest absolute Gasteiger partial charge is 0.316 e. The third kappa shape index (κ3) is 1.55. The fraction of sp³-hybridized carbons (Fsp3) is 0.400. The van der Waals surface area contributed by atoms with Crippen molar-refractivity contribution in [2.45, 2.75) is 12.2 Å². The lowest BCUT2D eigenvalue weighted by Gasteiger charge is -2.13. The van der Waals surface area contributed by atoms with Crippen LogP contribution in [-0.2, 0) is 0 Å². The van der Waals surface area contributed by atoms with E-state index in [1.54, 1.807) is 5.10 Å². The number of H-pyrrole nitrogens is 1. The fourth-order valence-corrected chi connectivity index (χ4v) is 0.673. The first kappa shape index (κ1) is 8.98. The van der Waals surface area contributed by atoms with Gasteiger partial charge in [0, 0.05) is 0 Å². The predicted molar refractivity (Wildman–Crippen MR) is 31.5 cm³/mol. The summed E-state index contributed by atoms with van der Waals surface area (Å²) in [6.07, 6.45) is -3.93. The quantitative estimate of drug-likeness (QED) is 0.641. The Kier molecular flexibility index (Phi) is 2.05. The van der Waals surface area contributed by atoms with Gasteiger partial charge in [0.05, 0.1) is 11.8 Å². The summed E-state index contributed by atoms with van der Waals surface area (Å²) < 4.78 is 48.0. The number of nitrogens with zero attached hydrogens (tertiary/aromatic N) is 1. The van der Waals surface area contributed by atoms with Crippen molar-refractivity contribution in [3.05, 3.63) is 17.7 Å². The van der Waals surface area contributed by atoms with Crippen LogP contribution < -0.4 is 5.73 Å². The van der Waals surface area contributed by atoms with Gasteiger partial charge in [0.1, 0.15) is 6.04 Å². The van der Waals surface area contributed by atoms with Gasteiger partial charge in [-0.2, -0.15) is 22.7 Å². The number of nitrogens with one attached hydrogen (secondary N) is 1. The van der Waals surface area contributed by atoms with E-state index in [0.29, 0.717) is 6.20 Å². The number of hydrogen-bond acceptors (Lipinski definition) is 2. The van der Waals surface area contributed by atoms with Crippen LogP contribution in [0.2, 0.25) is 0 Å². The second kappa shape index (κ2) is 2.74. The molecule has 7 heteroatoms. The second-order valence-corrected chi connectivity index (χ2v) is 2.16. The largest absolute Gasteiger partial charge is 0.407 e. The van der Waals surface area contributed by atoms with E-state index in [1.165, 1.54) is 0 Å². The molecule has 3 nitrogen and oxygen atoms in total. The highest BCUT2D eigenvalue weighted by Crippen LogP contribution is 2.30. The van der Waals surface area contributed by atoms with Crippen molar-refractivity contribution >= 4 is 0 Å². The number of alkyl halides is 3. The van der Waals surface area contributed by atoms with Gasteiger partial charge in [-0.25, -0.2) is 0 Å². The van der Waals surface area contributed by atoms with Gasteiger partial charge in [0.2, 0.25) is 5.95 Å². The van der Waals surface area contributed by atoms with Crippen molar-refractivity contribution in [3.63, 3.8) is 0 Å². The van der Waals surface area contributed by atoms with Gasteiger partial charge in [0.25, 0.3) is 0 Å². The lowest BCUT2D eigenvalue weighted by Crippen LogP contribution is -2.28. The molecule has 0 saturated heterocycles. The summed E-state index contributed by atoms with van der Waals surface area (Å²) in [5.41, 5.74) is 4.01.